The molecule has 1 aromatic carbocycles. The van der Waals surface area contributed by atoms with Crippen molar-refractivity contribution in [2.45, 2.75) is 45.1 Å². The molecule has 4 N–H and O–H groups in total. The van der Waals surface area contributed by atoms with Crippen molar-refractivity contribution in [1.29, 1.82) is 0 Å². The topological polar surface area (TPSA) is 105 Å². The Balaban J connectivity index is 1.99. The zero-order valence-electron chi connectivity index (χ0n) is 14.8. The molecule has 0 radical (unpaired) electrons. The Labute approximate surface area is 147 Å². The molecule has 0 saturated heterocycles. The second kappa shape index (κ2) is 8.11. The second-order valence-corrected chi connectivity index (χ2v) is 6.28. The lowest BCUT2D eigenvalue weighted by molar-refractivity contribution is -0.127. The van der Waals surface area contributed by atoms with Crippen LogP contribution in [0.3, 0.4) is 0 Å². The van der Waals surface area contributed by atoms with E-state index in [9.17, 15) is 14.4 Å². The minimum atomic E-state index is -0.419. The SMILES string of the molecule is CCC(CC)(CN)NC(=O)CCC(=O)N1CC(=O)Nc2ccccc21. The van der Waals surface area contributed by atoms with E-state index >= 15 is 0 Å². The maximum absolute atomic E-state index is 12.5. The number of benzene rings is 1. The summed E-state index contributed by atoms with van der Waals surface area (Å²) < 4.78 is 0. The highest BCUT2D eigenvalue weighted by molar-refractivity contribution is 6.10. The summed E-state index contributed by atoms with van der Waals surface area (Å²) in [5.41, 5.74) is 6.63. The average molecular weight is 346 g/mol. The Morgan fingerprint density at radius 1 is 1.24 bits per heavy atom. The summed E-state index contributed by atoms with van der Waals surface area (Å²) in [6.45, 7) is 4.28. The first-order valence-corrected chi connectivity index (χ1v) is 8.65. The highest BCUT2D eigenvalue weighted by Gasteiger charge is 2.29. The van der Waals surface area contributed by atoms with Gasteiger partial charge in [0.15, 0.2) is 0 Å². The Morgan fingerprint density at radius 3 is 2.56 bits per heavy atom. The van der Waals surface area contributed by atoms with Gasteiger partial charge in [0.05, 0.1) is 16.9 Å². The molecule has 7 nitrogen and oxygen atoms in total. The zero-order valence-corrected chi connectivity index (χ0v) is 14.8. The van der Waals surface area contributed by atoms with Crippen LogP contribution in [-0.4, -0.2) is 36.3 Å². The van der Waals surface area contributed by atoms with Gasteiger partial charge in [-0.1, -0.05) is 26.0 Å². The van der Waals surface area contributed by atoms with Crippen molar-refractivity contribution >= 4 is 29.1 Å². The van der Waals surface area contributed by atoms with Crippen molar-refractivity contribution in [1.82, 2.24) is 5.32 Å². The van der Waals surface area contributed by atoms with Crippen LogP contribution < -0.4 is 21.3 Å². The molecule has 0 aliphatic carbocycles. The Bertz CT molecular complexity index is 647. The number of nitrogens with one attached hydrogen (secondary N) is 2. The molecule has 25 heavy (non-hydrogen) atoms. The van der Waals surface area contributed by atoms with Crippen molar-refractivity contribution in [2.24, 2.45) is 5.73 Å². The molecule has 2 rings (SSSR count). The predicted molar refractivity (Wildman–Crippen MR) is 97.2 cm³/mol. The maximum Gasteiger partial charge on any atom is 0.244 e. The number of anilines is 2. The van der Waals surface area contributed by atoms with Crippen molar-refractivity contribution in [3.8, 4) is 0 Å². The van der Waals surface area contributed by atoms with Gasteiger partial charge in [-0.2, -0.15) is 0 Å². The molecular formula is C18H26N4O3. The number of hydrogen-bond donors (Lipinski definition) is 3. The predicted octanol–water partition coefficient (Wildman–Crippen LogP) is 1.39. The van der Waals surface area contributed by atoms with Crippen LogP contribution >= 0.6 is 0 Å². The molecule has 0 fully saturated rings. The van der Waals surface area contributed by atoms with Crippen molar-refractivity contribution in [3.63, 3.8) is 0 Å². The highest BCUT2D eigenvalue weighted by Crippen LogP contribution is 2.29. The molecule has 0 bridgehead atoms. The van der Waals surface area contributed by atoms with Gasteiger partial charge in [-0.15, -0.1) is 0 Å². The quantitative estimate of drug-likeness (QED) is 0.694. The molecule has 3 amide bonds. The van der Waals surface area contributed by atoms with Crippen molar-refractivity contribution < 1.29 is 14.4 Å². The fraction of sp³-hybridized carbons (Fsp3) is 0.500. The molecule has 7 heteroatoms. The third-order valence-corrected chi connectivity index (χ3v) is 4.79. The van der Waals surface area contributed by atoms with E-state index in [-0.39, 0.29) is 37.1 Å². The van der Waals surface area contributed by atoms with E-state index in [2.05, 4.69) is 10.6 Å². The van der Waals surface area contributed by atoms with Gasteiger partial charge in [0.25, 0.3) is 0 Å². The number of rotatable bonds is 7. The lowest BCUT2D eigenvalue weighted by Gasteiger charge is -2.32. The first kappa shape index (κ1) is 18.9. The lowest BCUT2D eigenvalue weighted by Crippen LogP contribution is -2.53. The molecule has 1 heterocycles. The van der Waals surface area contributed by atoms with Gasteiger partial charge < -0.3 is 21.3 Å². The molecule has 136 valence electrons. The van der Waals surface area contributed by atoms with Crippen LogP contribution in [-0.2, 0) is 14.4 Å². The molecule has 0 atom stereocenters. The summed E-state index contributed by atoms with van der Waals surface area (Å²) in [6.07, 6.45) is 1.58. The Morgan fingerprint density at radius 2 is 1.92 bits per heavy atom. The van der Waals surface area contributed by atoms with Gasteiger partial charge in [0, 0.05) is 19.4 Å². The van der Waals surface area contributed by atoms with Gasteiger partial charge in [0.2, 0.25) is 17.7 Å². The molecule has 1 aromatic rings. The molecule has 0 spiro atoms. The van der Waals surface area contributed by atoms with E-state index in [1.165, 1.54) is 4.90 Å². The minimum Gasteiger partial charge on any atom is -0.349 e. The van der Waals surface area contributed by atoms with Crippen LogP contribution in [0.1, 0.15) is 39.5 Å². The van der Waals surface area contributed by atoms with Gasteiger partial charge in [-0.05, 0) is 25.0 Å². The molecule has 1 aliphatic heterocycles. The largest absolute Gasteiger partial charge is 0.349 e. The van der Waals surface area contributed by atoms with Gasteiger partial charge >= 0.3 is 0 Å². The summed E-state index contributed by atoms with van der Waals surface area (Å²) in [4.78, 5) is 38.0. The Hall–Kier alpha value is -2.41. The van der Waals surface area contributed by atoms with E-state index < -0.39 is 5.54 Å². The first-order chi connectivity index (χ1) is 11.9. The van der Waals surface area contributed by atoms with Gasteiger partial charge in [-0.3, -0.25) is 14.4 Å². The number of carbonyl (C=O) groups excluding carboxylic acids is 3. The molecule has 1 aliphatic rings. The molecule has 0 unspecified atom stereocenters. The monoisotopic (exact) mass is 346 g/mol. The zero-order chi connectivity index (χ0) is 18.4. The number of amides is 3. The fourth-order valence-electron chi connectivity index (χ4n) is 2.94. The second-order valence-electron chi connectivity index (χ2n) is 6.28. The van der Waals surface area contributed by atoms with Crippen molar-refractivity contribution in [2.75, 3.05) is 23.3 Å². The number of fused-ring (bicyclic) bond motifs is 1. The summed E-state index contributed by atoms with van der Waals surface area (Å²) in [5, 5.41) is 5.69. The van der Waals surface area contributed by atoms with Gasteiger partial charge in [0.1, 0.15) is 6.54 Å². The van der Waals surface area contributed by atoms with E-state index in [0.717, 1.165) is 12.8 Å². The first-order valence-electron chi connectivity index (χ1n) is 8.65. The van der Waals surface area contributed by atoms with Crippen molar-refractivity contribution in [3.05, 3.63) is 24.3 Å². The van der Waals surface area contributed by atoms with Crippen LogP contribution in [0.5, 0.6) is 0 Å². The highest BCUT2D eigenvalue weighted by atomic mass is 16.2. The lowest BCUT2D eigenvalue weighted by atomic mass is 9.92. The number of nitrogens with zero attached hydrogens (tertiary/aromatic N) is 1. The van der Waals surface area contributed by atoms with Crippen LogP contribution in [0.4, 0.5) is 11.4 Å². The van der Waals surface area contributed by atoms with Crippen LogP contribution in [0, 0.1) is 0 Å². The Kier molecular flexibility index (Phi) is 6.14. The normalized spacial score (nSPS) is 13.9. The summed E-state index contributed by atoms with van der Waals surface area (Å²) in [7, 11) is 0. The van der Waals surface area contributed by atoms with Crippen LogP contribution in [0.25, 0.3) is 0 Å². The van der Waals surface area contributed by atoms with E-state index in [1.54, 1.807) is 24.3 Å². The van der Waals surface area contributed by atoms with E-state index in [1.807, 2.05) is 13.8 Å². The van der Waals surface area contributed by atoms with Crippen LogP contribution in [0.15, 0.2) is 24.3 Å². The molecule has 0 aromatic heterocycles. The maximum atomic E-state index is 12.5. The standard InChI is InChI=1S/C18H26N4O3/c1-3-18(4-2,12-19)21-15(23)9-10-17(25)22-11-16(24)20-13-7-5-6-8-14(13)22/h5-8H,3-4,9-12,19H2,1-2H3,(H,20,24)(H,21,23). The number of nitrogens with two attached hydrogens (primary N) is 1. The third kappa shape index (κ3) is 4.36. The molecule has 0 saturated carbocycles. The number of para-hydroxylation sites is 2. The summed E-state index contributed by atoms with van der Waals surface area (Å²) in [6, 6.07) is 7.13. The number of carbonyl (C=O) groups is 3. The van der Waals surface area contributed by atoms with E-state index in [0.29, 0.717) is 17.9 Å². The molecular weight excluding hydrogens is 320 g/mol. The fourth-order valence-corrected chi connectivity index (χ4v) is 2.94. The van der Waals surface area contributed by atoms with Crippen LogP contribution in [0.2, 0.25) is 0 Å². The number of hydrogen-bond acceptors (Lipinski definition) is 4. The minimum absolute atomic E-state index is 0.0336. The van der Waals surface area contributed by atoms with Gasteiger partial charge in [-0.25, -0.2) is 0 Å². The third-order valence-electron chi connectivity index (χ3n) is 4.79. The summed E-state index contributed by atoms with van der Waals surface area (Å²) >= 11 is 0. The average Bonchev–Trinajstić information content (AvgIpc) is 2.63. The summed E-state index contributed by atoms with van der Waals surface area (Å²) in [5.74, 6) is -0.684. The smallest absolute Gasteiger partial charge is 0.244 e. The van der Waals surface area contributed by atoms with E-state index in [4.69, 9.17) is 5.73 Å².